The summed E-state index contributed by atoms with van der Waals surface area (Å²) in [5.41, 5.74) is -0.295. The first-order valence-corrected chi connectivity index (χ1v) is 10.2. The number of carboxylic acids is 1. The molecule has 0 aliphatic heterocycles. The average Bonchev–Trinajstić information content (AvgIpc) is 2.72. The van der Waals surface area contributed by atoms with Crippen LogP contribution < -0.4 is 15.4 Å². The van der Waals surface area contributed by atoms with E-state index in [2.05, 4.69) is 10.6 Å². The van der Waals surface area contributed by atoms with Gasteiger partial charge in [-0.15, -0.1) is 0 Å². The van der Waals surface area contributed by atoms with Gasteiger partial charge >= 0.3 is 5.97 Å². The molecular weight excluding hydrogens is 396 g/mol. The van der Waals surface area contributed by atoms with Crippen molar-refractivity contribution in [3.8, 4) is 5.75 Å². The summed E-state index contributed by atoms with van der Waals surface area (Å²) in [5, 5.41) is 15.1. The standard InChI is InChI=1S/C24H30N2O5/c1-16(2)14-19(25-21(27)15-31-20-13-9-8-10-17(20)3)22(28)26-24(4,23(29)30)18-11-6-5-7-12-18/h5-13,16,19H,14-15H2,1-4H3,(H,25,27)(H,26,28)(H,29,30)/t19-,24?/m0/s1. The molecule has 0 heterocycles. The first-order valence-electron chi connectivity index (χ1n) is 10.2. The Morgan fingerprint density at radius 2 is 1.65 bits per heavy atom. The highest BCUT2D eigenvalue weighted by atomic mass is 16.5. The number of benzene rings is 2. The van der Waals surface area contributed by atoms with Crippen molar-refractivity contribution in [3.63, 3.8) is 0 Å². The number of rotatable bonds is 10. The molecule has 2 aromatic rings. The zero-order chi connectivity index (χ0) is 23.0. The Labute approximate surface area is 182 Å². The third kappa shape index (κ3) is 6.57. The Morgan fingerprint density at radius 1 is 1.03 bits per heavy atom. The minimum Gasteiger partial charge on any atom is -0.484 e. The van der Waals surface area contributed by atoms with E-state index in [1.807, 2.05) is 39.0 Å². The minimum absolute atomic E-state index is 0.0983. The smallest absolute Gasteiger partial charge is 0.333 e. The van der Waals surface area contributed by atoms with E-state index >= 15 is 0 Å². The van der Waals surface area contributed by atoms with Gasteiger partial charge < -0.3 is 20.5 Å². The Balaban J connectivity index is 2.11. The molecule has 2 amide bonds. The Kier molecular flexibility index (Phi) is 8.19. The van der Waals surface area contributed by atoms with Crippen molar-refractivity contribution in [2.45, 2.75) is 45.7 Å². The van der Waals surface area contributed by atoms with Gasteiger partial charge in [0.25, 0.3) is 5.91 Å². The molecule has 7 heteroatoms. The summed E-state index contributed by atoms with van der Waals surface area (Å²) in [4.78, 5) is 37.5. The van der Waals surface area contributed by atoms with Crippen LogP contribution in [0.15, 0.2) is 54.6 Å². The number of hydrogen-bond acceptors (Lipinski definition) is 4. The zero-order valence-corrected chi connectivity index (χ0v) is 18.3. The van der Waals surface area contributed by atoms with Gasteiger partial charge in [-0.3, -0.25) is 9.59 Å². The number of ether oxygens (including phenoxy) is 1. The fourth-order valence-electron chi connectivity index (χ4n) is 3.15. The molecule has 2 rings (SSSR count). The third-order valence-corrected chi connectivity index (χ3v) is 4.96. The summed E-state index contributed by atoms with van der Waals surface area (Å²) >= 11 is 0. The monoisotopic (exact) mass is 426 g/mol. The largest absolute Gasteiger partial charge is 0.484 e. The predicted octanol–water partition coefficient (Wildman–Crippen LogP) is 3.02. The number of aliphatic carboxylic acids is 1. The number of amides is 2. The number of hydrogen-bond donors (Lipinski definition) is 3. The summed E-state index contributed by atoms with van der Waals surface area (Å²) in [6.45, 7) is 6.89. The second-order valence-electron chi connectivity index (χ2n) is 8.09. The topological polar surface area (TPSA) is 105 Å². The summed E-state index contributed by atoms with van der Waals surface area (Å²) in [5.74, 6) is -1.52. The van der Waals surface area contributed by atoms with Gasteiger partial charge in [-0.2, -0.15) is 0 Å². The second-order valence-corrected chi connectivity index (χ2v) is 8.09. The van der Waals surface area contributed by atoms with E-state index in [-0.39, 0.29) is 12.5 Å². The molecule has 31 heavy (non-hydrogen) atoms. The lowest BCUT2D eigenvalue weighted by atomic mass is 9.91. The molecule has 0 bridgehead atoms. The van der Waals surface area contributed by atoms with Gasteiger partial charge in [0.15, 0.2) is 12.1 Å². The quantitative estimate of drug-likeness (QED) is 0.542. The van der Waals surface area contributed by atoms with Crippen LogP contribution in [0.2, 0.25) is 0 Å². The third-order valence-electron chi connectivity index (χ3n) is 4.96. The minimum atomic E-state index is -1.63. The van der Waals surface area contributed by atoms with Crippen molar-refractivity contribution in [1.82, 2.24) is 10.6 Å². The highest BCUT2D eigenvalue weighted by Crippen LogP contribution is 2.22. The number of para-hydroxylation sites is 1. The van der Waals surface area contributed by atoms with Crippen molar-refractivity contribution >= 4 is 17.8 Å². The van der Waals surface area contributed by atoms with E-state index in [4.69, 9.17) is 4.74 Å². The molecule has 0 saturated heterocycles. The molecule has 0 aliphatic rings. The summed E-state index contributed by atoms with van der Waals surface area (Å²) in [6.07, 6.45) is 0.354. The first kappa shape index (κ1) is 23.9. The van der Waals surface area contributed by atoms with E-state index in [0.29, 0.717) is 17.7 Å². The first-order chi connectivity index (χ1) is 14.6. The molecule has 0 spiro atoms. The Morgan fingerprint density at radius 3 is 2.23 bits per heavy atom. The van der Waals surface area contributed by atoms with Crippen LogP contribution in [0.1, 0.15) is 38.3 Å². The van der Waals surface area contributed by atoms with Crippen molar-refractivity contribution < 1.29 is 24.2 Å². The number of carbonyl (C=O) groups excluding carboxylic acids is 2. The molecule has 0 fully saturated rings. The fraction of sp³-hybridized carbons (Fsp3) is 0.375. The van der Waals surface area contributed by atoms with Crippen molar-refractivity contribution in [3.05, 3.63) is 65.7 Å². The molecule has 7 nitrogen and oxygen atoms in total. The summed E-state index contributed by atoms with van der Waals surface area (Å²) in [7, 11) is 0. The molecule has 2 atom stereocenters. The van der Waals surface area contributed by atoms with Gasteiger partial charge in [0.1, 0.15) is 11.8 Å². The van der Waals surface area contributed by atoms with Gasteiger partial charge in [-0.05, 0) is 43.4 Å². The lowest BCUT2D eigenvalue weighted by Crippen LogP contribution is -2.56. The zero-order valence-electron chi connectivity index (χ0n) is 18.3. The van der Waals surface area contributed by atoms with Crippen molar-refractivity contribution in [1.29, 1.82) is 0 Å². The molecule has 0 radical (unpaired) electrons. The van der Waals surface area contributed by atoms with Crippen LogP contribution in [-0.2, 0) is 19.9 Å². The second kappa shape index (κ2) is 10.6. The lowest BCUT2D eigenvalue weighted by Gasteiger charge is -2.30. The van der Waals surface area contributed by atoms with Crippen molar-refractivity contribution in [2.24, 2.45) is 5.92 Å². The van der Waals surface area contributed by atoms with E-state index < -0.39 is 29.4 Å². The number of carboxylic acid groups (broad SMARTS) is 1. The van der Waals surface area contributed by atoms with E-state index in [1.54, 1.807) is 36.4 Å². The van der Waals surface area contributed by atoms with Crippen LogP contribution in [-0.4, -0.2) is 35.5 Å². The molecule has 166 valence electrons. The average molecular weight is 427 g/mol. The molecule has 2 aromatic carbocycles. The highest BCUT2D eigenvalue weighted by molar-refractivity contribution is 5.92. The molecule has 1 unspecified atom stereocenters. The Bertz CT molecular complexity index is 913. The van der Waals surface area contributed by atoms with Crippen LogP contribution >= 0.6 is 0 Å². The number of aryl methyl sites for hydroxylation is 1. The van der Waals surface area contributed by atoms with E-state index in [9.17, 15) is 19.5 Å². The van der Waals surface area contributed by atoms with Crippen LogP contribution in [0.25, 0.3) is 0 Å². The lowest BCUT2D eigenvalue weighted by molar-refractivity contribution is -0.147. The fourth-order valence-corrected chi connectivity index (χ4v) is 3.15. The van der Waals surface area contributed by atoms with Gasteiger partial charge in [-0.25, -0.2) is 4.79 Å². The van der Waals surface area contributed by atoms with Crippen LogP contribution in [0.3, 0.4) is 0 Å². The number of carbonyl (C=O) groups is 3. The normalized spacial score (nSPS) is 13.7. The van der Waals surface area contributed by atoms with E-state index in [1.165, 1.54) is 6.92 Å². The molecule has 0 aliphatic carbocycles. The molecular formula is C24H30N2O5. The van der Waals surface area contributed by atoms with Gasteiger partial charge in [-0.1, -0.05) is 62.4 Å². The highest BCUT2D eigenvalue weighted by Gasteiger charge is 2.38. The van der Waals surface area contributed by atoms with Crippen LogP contribution in [0.5, 0.6) is 5.75 Å². The Hall–Kier alpha value is -3.35. The van der Waals surface area contributed by atoms with E-state index in [0.717, 1.165) is 5.56 Å². The summed E-state index contributed by atoms with van der Waals surface area (Å²) < 4.78 is 5.55. The van der Waals surface area contributed by atoms with Crippen LogP contribution in [0.4, 0.5) is 0 Å². The van der Waals surface area contributed by atoms with Gasteiger partial charge in [0.2, 0.25) is 5.91 Å². The molecule has 3 N–H and O–H groups in total. The maximum Gasteiger partial charge on any atom is 0.333 e. The summed E-state index contributed by atoms with van der Waals surface area (Å²) in [6, 6.07) is 14.9. The van der Waals surface area contributed by atoms with Crippen LogP contribution in [0, 0.1) is 12.8 Å². The maximum atomic E-state index is 13.0. The number of nitrogens with one attached hydrogen (secondary N) is 2. The predicted molar refractivity (Wildman–Crippen MR) is 118 cm³/mol. The molecule has 0 saturated carbocycles. The SMILES string of the molecule is Cc1ccccc1OCC(=O)N[C@@H](CC(C)C)C(=O)NC(C)(C(=O)O)c1ccccc1. The van der Waals surface area contributed by atoms with Gasteiger partial charge in [0, 0.05) is 0 Å². The van der Waals surface area contributed by atoms with Crippen molar-refractivity contribution in [2.75, 3.05) is 6.61 Å². The van der Waals surface area contributed by atoms with Gasteiger partial charge in [0.05, 0.1) is 0 Å². The maximum absolute atomic E-state index is 13.0. The molecule has 0 aromatic heterocycles.